The summed E-state index contributed by atoms with van der Waals surface area (Å²) in [5, 5.41) is 5.34. The van der Waals surface area contributed by atoms with Gasteiger partial charge >= 0.3 is 0 Å². The maximum absolute atomic E-state index is 13.2. The van der Waals surface area contributed by atoms with Crippen molar-refractivity contribution in [1.82, 2.24) is 14.7 Å². The molecule has 2 heterocycles. The number of nitrogens with two attached hydrogens (primary N) is 1. The van der Waals surface area contributed by atoms with Crippen LogP contribution in [0.5, 0.6) is 0 Å². The fourth-order valence-electron chi connectivity index (χ4n) is 3.47. The van der Waals surface area contributed by atoms with Crippen LogP contribution < -0.4 is 11.3 Å². The first-order chi connectivity index (χ1) is 12.4. The van der Waals surface area contributed by atoms with E-state index in [0.29, 0.717) is 30.3 Å². The molecule has 1 aliphatic rings. The van der Waals surface area contributed by atoms with Gasteiger partial charge in [-0.15, -0.1) is 0 Å². The van der Waals surface area contributed by atoms with Crippen LogP contribution in [0.25, 0.3) is 10.8 Å². The molecule has 1 aromatic carbocycles. The van der Waals surface area contributed by atoms with Crippen molar-refractivity contribution < 1.29 is 9.59 Å². The average molecular weight is 356 g/mol. The van der Waals surface area contributed by atoms with E-state index in [1.807, 2.05) is 13.8 Å². The van der Waals surface area contributed by atoms with Crippen LogP contribution in [0.1, 0.15) is 43.6 Å². The van der Waals surface area contributed by atoms with Gasteiger partial charge in [-0.05, 0) is 31.2 Å². The Hall–Kier alpha value is -2.70. The molecule has 0 spiro atoms. The maximum atomic E-state index is 13.2. The molecule has 0 saturated carbocycles. The zero-order valence-electron chi connectivity index (χ0n) is 15.1. The minimum Gasteiger partial charge on any atom is -0.368 e. The molecule has 138 valence electrons. The molecule has 1 aliphatic heterocycles. The molecule has 0 radical (unpaired) electrons. The lowest BCUT2D eigenvalue weighted by Crippen LogP contribution is -2.51. The summed E-state index contributed by atoms with van der Waals surface area (Å²) in [7, 11) is 0. The monoisotopic (exact) mass is 356 g/mol. The van der Waals surface area contributed by atoms with E-state index in [9.17, 15) is 14.4 Å². The highest BCUT2D eigenvalue weighted by molar-refractivity contribution is 6.06. The van der Waals surface area contributed by atoms with E-state index in [1.54, 1.807) is 24.3 Å². The molecule has 1 atom stereocenters. The van der Waals surface area contributed by atoms with Gasteiger partial charge in [-0.1, -0.05) is 32.0 Å². The zero-order chi connectivity index (χ0) is 18.8. The molecule has 26 heavy (non-hydrogen) atoms. The normalized spacial score (nSPS) is 17.7. The standard InChI is InChI=1S/C19H24N4O3/c1-12(2)11-23-18(25)14-8-4-3-7-13(14)16(21-23)19(26)22-10-6-5-9-15(22)17(20)24/h3-4,7-8,12,15H,5-6,9-11H2,1-2H3,(H2,20,24). The Morgan fingerprint density at radius 2 is 1.92 bits per heavy atom. The van der Waals surface area contributed by atoms with Gasteiger partial charge in [0.2, 0.25) is 5.91 Å². The minimum atomic E-state index is -0.623. The fourth-order valence-corrected chi connectivity index (χ4v) is 3.47. The van der Waals surface area contributed by atoms with Gasteiger partial charge in [-0.3, -0.25) is 14.4 Å². The van der Waals surface area contributed by atoms with Crippen molar-refractivity contribution in [2.24, 2.45) is 11.7 Å². The highest BCUT2D eigenvalue weighted by Gasteiger charge is 2.33. The van der Waals surface area contributed by atoms with Gasteiger partial charge in [0.15, 0.2) is 5.69 Å². The number of carbonyl (C=O) groups excluding carboxylic acids is 2. The molecule has 1 unspecified atom stereocenters. The van der Waals surface area contributed by atoms with Crippen LogP contribution in [-0.4, -0.2) is 39.1 Å². The van der Waals surface area contributed by atoms with Crippen LogP contribution in [0.3, 0.4) is 0 Å². The van der Waals surface area contributed by atoms with Crippen molar-refractivity contribution in [2.45, 2.75) is 45.7 Å². The number of hydrogen-bond donors (Lipinski definition) is 1. The van der Waals surface area contributed by atoms with E-state index in [2.05, 4.69) is 5.10 Å². The lowest BCUT2D eigenvalue weighted by Gasteiger charge is -2.33. The lowest BCUT2D eigenvalue weighted by atomic mass is 10.0. The molecular weight excluding hydrogens is 332 g/mol. The predicted molar refractivity (Wildman–Crippen MR) is 98.7 cm³/mol. The zero-order valence-corrected chi connectivity index (χ0v) is 15.1. The highest BCUT2D eigenvalue weighted by atomic mass is 16.2. The number of benzene rings is 1. The van der Waals surface area contributed by atoms with Crippen LogP contribution in [0.2, 0.25) is 0 Å². The summed E-state index contributed by atoms with van der Waals surface area (Å²) < 4.78 is 1.35. The third-order valence-corrected chi connectivity index (χ3v) is 4.70. The molecule has 0 bridgehead atoms. The van der Waals surface area contributed by atoms with Crippen molar-refractivity contribution in [3.05, 3.63) is 40.3 Å². The summed E-state index contributed by atoms with van der Waals surface area (Å²) in [6.07, 6.45) is 2.24. The Morgan fingerprint density at radius 1 is 1.23 bits per heavy atom. The van der Waals surface area contributed by atoms with Crippen LogP contribution >= 0.6 is 0 Å². The summed E-state index contributed by atoms with van der Waals surface area (Å²) in [5.74, 6) is -0.641. The lowest BCUT2D eigenvalue weighted by molar-refractivity contribution is -0.123. The number of amides is 2. The summed E-state index contributed by atoms with van der Waals surface area (Å²) in [5.41, 5.74) is 5.49. The minimum absolute atomic E-state index is 0.203. The number of aromatic nitrogens is 2. The SMILES string of the molecule is CC(C)Cn1nc(C(=O)N2CCCCC2C(N)=O)c2ccccc2c1=O. The second kappa shape index (κ2) is 7.27. The second-order valence-corrected chi connectivity index (χ2v) is 7.19. The molecule has 1 aromatic heterocycles. The number of nitrogens with zero attached hydrogens (tertiary/aromatic N) is 3. The number of hydrogen-bond acceptors (Lipinski definition) is 4. The first kappa shape index (κ1) is 18.1. The van der Waals surface area contributed by atoms with Crippen LogP contribution in [-0.2, 0) is 11.3 Å². The number of likely N-dealkylation sites (tertiary alicyclic amines) is 1. The number of rotatable bonds is 4. The second-order valence-electron chi connectivity index (χ2n) is 7.19. The molecule has 7 nitrogen and oxygen atoms in total. The van der Waals surface area contributed by atoms with E-state index >= 15 is 0 Å². The molecule has 2 aromatic rings. The molecule has 1 fully saturated rings. The highest BCUT2D eigenvalue weighted by Crippen LogP contribution is 2.22. The van der Waals surface area contributed by atoms with Gasteiger partial charge < -0.3 is 10.6 Å². The summed E-state index contributed by atoms with van der Waals surface area (Å²) >= 11 is 0. The number of primary amides is 1. The van der Waals surface area contributed by atoms with Gasteiger partial charge in [-0.2, -0.15) is 5.10 Å². The van der Waals surface area contributed by atoms with Crippen molar-refractivity contribution in [3.8, 4) is 0 Å². The molecule has 3 rings (SSSR count). The Kier molecular flexibility index (Phi) is 5.06. The smallest absolute Gasteiger partial charge is 0.275 e. The first-order valence-electron chi connectivity index (χ1n) is 9.00. The van der Waals surface area contributed by atoms with Gasteiger partial charge in [0, 0.05) is 18.5 Å². The number of carbonyl (C=O) groups is 2. The third kappa shape index (κ3) is 3.34. The average Bonchev–Trinajstić information content (AvgIpc) is 2.63. The van der Waals surface area contributed by atoms with Gasteiger partial charge in [0.05, 0.1) is 5.39 Å². The molecule has 7 heteroatoms. The van der Waals surface area contributed by atoms with Crippen molar-refractivity contribution in [2.75, 3.05) is 6.54 Å². The van der Waals surface area contributed by atoms with Crippen LogP contribution in [0.15, 0.2) is 29.1 Å². The van der Waals surface area contributed by atoms with E-state index in [0.717, 1.165) is 12.8 Å². The van der Waals surface area contributed by atoms with Crippen molar-refractivity contribution >= 4 is 22.6 Å². The number of piperidine rings is 1. The summed E-state index contributed by atoms with van der Waals surface area (Å²) in [6, 6.07) is 6.34. The Morgan fingerprint density at radius 3 is 2.58 bits per heavy atom. The van der Waals surface area contributed by atoms with Crippen LogP contribution in [0, 0.1) is 5.92 Å². The molecule has 2 amide bonds. The Labute approximate surface area is 151 Å². The largest absolute Gasteiger partial charge is 0.368 e. The van der Waals surface area contributed by atoms with E-state index in [1.165, 1.54) is 9.58 Å². The van der Waals surface area contributed by atoms with Crippen LogP contribution in [0.4, 0.5) is 0 Å². The van der Waals surface area contributed by atoms with Gasteiger partial charge in [-0.25, -0.2) is 4.68 Å². The van der Waals surface area contributed by atoms with Crippen molar-refractivity contribution in [1.29, 1.82) is 0 Å². The summed E-state index contributed by atoms with van der Waals surface area (Å²) in [6.45, 7) is 4.85. The Balaban J connectivity index is 2.13. The maximum Gasteiger partial charge on any atom is 0.275 e. The Bertz CT molecular complexity index is 903. The molecule has 0 aliphatic carbocycles. The summed E-state index contributed by atoms with van der Waals surface area (Å²) in [4.78, 5) is 39.2. The van der Waals surface area contributed by atoms with Gasteiger partial charge in [0.25, 0.3) is 11.5 Å². The fraction of sp³-hybridized carbons (Fsp3) is 0.474. The molecule has 2 N–H and O–H groups in total. The topological polar surface area (TPSA) is 98.3 Å². The number of fused-ring (bicyclic) bond motifs is 1. The van der Waals surface area contributed by atoms with E-state index in [-0.39, 0.29) is 23.1 Å². The molecular formula is C19H24N4O3. The van der Waals surface area contributed by atoms with E-state index < -0.39 is 11.9 Å². The van der Waals surface area contributed by atoms with Gasteiger partial charge in [0.1, 0.15) is 6.04 Å². The predicted octanol–water partition coefficient (Wildman–Crippen LogP) is 1.53. The van der Waals surface area contributed by atoms with E-state index in [4.69, 9.17) is 5.73 Å². The first-order valence-corrected chi connectivity index (χ1v) is 9.00. The quantitative estimate of drug-likeness (QED) is 0.898. The molecule has 1 saturated heterocycles. The van der Waals surface area contributed by atoms with Crippen molar-refractivity contribution in [3.63, 3.8) is 0 Å². The third-order valence-electron chi connectivity index (χ3n) is 4.70.